The maximum absolute atomic E-state index is 11.3. The fraction of sp³-hybridized carbons (Fsp3) is 0.227. The van der Waals surface area contributed by atoms with E-state index in [1.165, 1.54) is 0 Å². The van der Waals surface area contributed by atoms with E-state index < -0.39 is 5.97 Å². The molecule has 4 rings (SSSR count). The molecule has 29 heavy (non-hydrogen) atoms. The predicted octanol–water partition coefficient (Wildman–Crippen LogP) is 4.42. The van der Waals surface area contributed by atoms with Crippen LogP contribution in [0, 0.1) is 0 Å². The standard InChI is InChI=1S/C22H21N3O3S/c1-13(2)25-20(19(24-22(25)29)16-8-3-4-11-23-16)18-10-9-17(28-18)14-6-5-7-15(12-14)21(26)27/h3-13,19-20H,1-2H3,(H,24,29)(H,26,27)/t19-,20+/m0/s1. The van der Waals surface area contributed by atoms with Crippen molar-refractivity contribution >= 4 is 23.3 Å². The molecule has 0 bridgehead atoms. The second kappa shape index (κ2) is 7.67. The zero-order valence-corrected chi connectivity index (χ0v) is 16.9. The minimum absolute atomic E-state index is 0.143. The van der Waals surface area contributed by atoms with E-state index in [-0.39, 0.29) is 23.7 Å². The molecule has 0 spiro atoms. The topological polar surface area (TPSA) is 78.6 Å². The summed E-state index contributed by atoms with van der Waals surface area (Å²) < 4.78 is 6.21. The maximum atomic E-state index is 11.3. The van der Waals surface area contributed by atoms with E-state index in [9.17, 15) is 9.90 Å². The van der Waals surface area contributed by atoms with Gasteiger partial charge in [-0.3, -0.25) is 4.98 Å². The van der Waals surface area contributed by atoms with Crippen molar-refractivity contribution in [1.82, 2.24) is 15.2 Å². The molecule has 1 fully saturated rings. The number of hydrogen-bond donors (Lipinski definition) is 2. The number of hydrogen-bond acceptors (Lipinski definition) is 4. The molecule has 0 amide bonds. The van der Waals surface area contributed by atoms with Gasteiger partial charge in [0.25, 0.3) is 0 Å². The van der Waals surface area contributed by atoms with E-state index >= 15 is 0 Å². The Morgan fingerprint density at radius 3 is 2.72 bits per heavy atom. The van der Waals surface area contributed by atoms with Gasteiger partial charge in [0.05, 0.1) is 17.3 Å². The van der Waals surface area contributed by atoms with Gasteiger partial charge in [0, 0.05) is 17.8 Å². The van der Waals surface area contributed by atoms with Gasteiger partial charge in [-0.1, -0.05) is 18.2 Å². The van der Waals surface area contributed by atoms with Crippen LogP contribution in [-0.2, 0) is 0 Å². The molecular weight excluding hydrogens is 386 g/mol. The summed E-state index contributed by atoms with van der Waals surface area (Å²) in [4.78, 5) is 17.9. The molecule has 1 aromatic carbocycles. The molecular formula is C22H21N3O3S. The van der Waals surface area contributed by atoms with Crippen molar-refractivity contribution in [2.24, 2.45) is 0 Å². The number of furan rings is 1. The summed E-state index contributed by atoms with van der Waals surface area (Å²) in [5.74, 6) is 0.395. The van der Waals surface area contributed by atoms with E-state index in [2.05, 4.69) is 29.0 Å². The number of aromatic carboxylic acids is 1. The molecule has 3 heterocycles. The van der Waals surface area contributed by atoms with Gasteiger partial charge < -0.3 is 19.7 Å². The van der Waals surface area contributed by atoms with Gasteiger partial charge in [0.2, 0.25) is 0 Å². The Balaban J connectivity index is 1.74. The van der Waals surface area contributed by atoms with Gasteiger partial charge >= 0.3 is 5.97 Å². The Morgan fingerprint density at radius 1 is 1.21 bits per heavy atom. The maximum Gasteiger partial charge on any atom is 0.335 e. The van der Waals surface area contributed by atoms with Crippen molar-refractivity contribution < 1.29 is 14.3 Å². The van der Waals surface area contributed by atoms with Crippen LogP contribution in [0.4, 0.5) is 0 Å². The molecule has 1 aliphatic rings. The number of carboxylic acids is 1. The zero-order valence-electron chi connectivity index (χ0n) is 16.1. The van der Waals surface area contributed by atoms with Crippen LogP contribution < -0.4 is 5.32 Å². The quantitative estimate of drug-likeness (QED) is 0.606. The lowest BCUT2D eigenvalue weighted by Crippen LogP contribution is -2.35. The first-order valence-corrected chi connectivity index (χ1v) is 9.79. The first-order valence-electron chi connectivity index (χ1n) is 9.39. The third-order valence-corrected chi connectivity index (χ3v) is 5.33. The zero-order chi connectivity index (χ0) is 20.5. The highest BCUT2D eigenvalue weighted by molar-refractivity contribution is 7.80. The van der Waals surface area contributed by atoms with Crippen LogP contribution >= 0.6 is 12.2 Å². The molecule has 7 heteroatoms. The van der Waals surface area contributed by atoms with E-state index in [4.69, 9.17) is 16.6 Å². The van der Waals surface area contributed by atoms with Crippen molar-refractivity contribution in [2.75, 3.05) is 0 Å². The van der Waals surface area contributed by atoms with E-state index in [1.807, 2.05) is 36.4 Å². The SMILES string of the molecule is CC(C)N1C(=S)N[C@@H](c2ccccn2)[C@H]1c1ccc(-c2cccc(C(=O)O)c2)o1. The van der Waals surface area contributed by atoms with Crippen LogP contribution in [0.1, 0.15) is 47.7 Å². The highest BCUT2D eigenvalue weighted by Gasteiger charge is 2.42. The first kappa shape index (κ1) is 19.1. The molecule has 2 aromatic heterocycles. The molecule has 0 saturated carbocycles. The summed E-state index contributed by atoms with van der Waals surface area (Å²) >= 11 is 5.60. The first-order chi connectivity index (χ1) is 14.0. The summed E-state index contributed by atoms with van der Waals surface area (Å²) in [6, 6.07) is 16.2. The van der Waals surface area contributed by atoms with Crippen molar-refractivity contribution in [3.63, 3.8) is 0 Å². The molecule has 2 atom stereocenters. The molecule has 1 aliphatic heterocycles. The van der Waals surface area contributed by atoms with Crippen LogP contribution in [0.5, 0.6) is 0 Å². The molecule has 0 aliphatic carbocycles. The van der Waals surface area contributed by atoms with Crippen molar-refractivity contribution in [2.45, 2.75) is 32.0 Å². The smallest absolute Gasteiger partial charge is 0.335 e. The Bertz CT molecular complexity index is 1050. The largest absolute Gasteiger partial charge is 0.478 e. The average Bonchev–Trinajstić information content (AvgIpc) is 3.33. The van der Waals surface area contributed by atoms with Gasteiger partial charge in [-0.25, -0.2) is 4.79 Å². The number of benzene rings is 1. The van der Waals surface area contributed by atoms with Gasteiger partial charge in [0.1, 0.15) is 17.6 Å². The van der Waals surface area contributed by atoms with Crippen LogP contribution in [0.3, 0.4) is 0 Å². The Hall–Kier alpha value is -3.19. The lowest BCUT2D eigenvalue weighted by molar-refractivity contribution is 0.0697. The molecule has 148 valence electrons. The van der Waals surface area contributed by atoms with Gasteiger partial charge in [-0.2, -0.15) is 0 Å². The highest BCUT2D eigenvalue weighted by atomic mass is 32.1. The molecule has 0 radical (unpaired) electrons. The van der Waals surface area contributed by atoms with Gasteiger partial charge in [-0.15, -0.1) is 0 Å². The van der Waals surface area contributed by atoms with E-state index in [0.717, 1.165) is 17.0 Å². The lowest BCUT2D eigenvalue weighted by atomic mass is 10.0. The molecule has 0 unspecified atom stereocenters. The van der Waals surface area contributed by atoms with Gasteiger partial charge in [0.15, 0.2) is 5.11 Å². The minimum atomic E-state index is -0.967. The second-order valence-corrected chi connectivity index (χ2v) is 7.60. The summed E-state index contributed by atoms with van der Waals surface area (Å²) in [5, 5.41) is 13.3. The van der Waals surface area contributed by atoms with Crippen LogP contribution in [0.25, 0.3) is 11.3 Å². The number of aromatic nitrogens is 1. The fourth-order valence-corrected chi connectivity index (χ4v) is 4.15. The Morgan fingerprint density at radius 2 is 2.03 bits per heavy atom. The highest BCUT2D eigenvalue weighted by Crippen LogP contribution is 2.41. The monoisotopic (exact) mass is 407 g/mol. The third kappa shape index (κ3) is 3.61. The van der Waals surface area contributed by atoms with Crippen molar-refractivity contribution in [1.29, 1.82) is 0 Å². The summed E-state index contributed by atoms with van der Waals surface area (Å²) in [5.41, 5.74) is 1.82. The summed E-state index contributed by atoms with van der Waals surface area (Å²) in [6.07, 6.45) is 1.76. The molecule has 1 saturated heterocycles. The second-order valence-electron chi connectivity index (χ2n) is 7.22. The van der Waals surface area contributed by atoms with Crippen molar-refractivity contribution in [3.05, 3.63) is 77.8 Å². The predicted molar refractivity (Wildman–Crippen MR) is 114 cm³/mol. The summed E-state index contributed by atoms with van der Waals surface area (Å²) in [6.45, 7) is 4.17. The molecule has 6 nitrogen and oxygen atoms in total. The Labute approximate surface area is 174 Å². The van der Waals surface area contributed by atoms with Crippen LogP contribution in [0.2, 0.25) is 0 Å². The van der Waals surface area contributed by atoms with Crippen LogP contribution in [0.15, 0.2) is 65.2 Å². The number of pyridine rings is 1. The number of nitrogens with one attached hydrogen (secondary N) is 1. The number of carbonyl (C=O) groups is 1. The lowest BCUT2D eigenvalue weighted by Gasteiger charge is -2.29. The number of carboxylic acid groups (broad SMARTS) is 1. The van der Waals surface area contributed by atoms with E-state index in [0.29, 0.717) is 10.9 Å². The van der Waals surface area contributed by atoms with Crippen LogP contribution in [-0.4, -0.2) is 32.1 Å². The minimum Gasteiger partial charge on any atom is -0.478 e. The number of thiocarbonyl (C=S) groups is 1. The Kier molecular flexibility index (Phi) is 5.07. The van der Waals surface area contributed by atoms with E-state index in [1.54, 1.807) is 24.4 Å². The van der Waals surface area contributed by atoms with Gasteiger partial charge in [-0.05, 0) is 62.5 Å². The molecule has 3 aromatic rings. The third-order valence-electron chi connectivity index (χ3n) is 5.00. The van der Waals surface area contributed by atoms with Crippen molar-refractivity contribution in [3.8, 4) is 11.3 Å². The fourth-order valence-electron chi connectivity index (χ4n) is 3.70. The average molecular weight is 407 g/mol. The number of rotatable bonds is 5. The molecule has 2 N–H and O–H groups in total. The number of nitrogens with zero attached hydrogens (tertiary/aromatic N) is 2. The normalized spacial score (nSPS) is 18.9. The summed E-state index contributed by atoms with van der Waals surface area (Å²) in [7, 11) is 0.